The molecule has 0 bridgehead atoms. The highest BCUT2D eigenvalue weighted by molar-refractivity contribution is 7.15. The van der Waals surface area contributed by atoms with Gasteiger partial charge in [0.15, 0.2) is 10.7 Å². The van der Waals surface area contributed by atoms with E-state index in [0.29, 0.717) is 10.7 Å². The summed E-state index contributed by atoms with van der Waals surface area (Å²) in [6.45, 7) is 1.72. The molecule has 0 unspecified atom stereocenters. The SMILES string of the molecule is Cc1nc2scc(-c3ccccc3)n2c1C(=O)O. The van der Waals surface area contributed by atoms with Gasteiger partial charge in [0.25, 0.3) is 0 Å². The van der Waals surface area contributed by atoms with E-state index in [4.69, 9.17) is 0 Å². The number of carboxylic acid groups (broad SMARTS) is 1. The van der Waals surface area contributed by atoms with Crippen molar-refractivity contribution >= 4 is 22.3 Å². The molecule has 0 aliphatic carbocycles. The van der Waals surface area contributed by atoms with Crippen LogP contribution in [0.15, 0.2) is 35.7 Å². The predicted octanol–water partition coefficient (Wildman–Crippen LogP) is 3.07. The number of aryl methyl sites for hydroxylation is 1. The van der Waals surface area contributed by atoms with Crippen LogP contribution in [0.5, 0.6) is 0 Å². The number of carboxylic acids is 1. The molecule has 1 aromatic carbocycles. The first-order valence-electron chi connectivity index (χ1n) is 5.43. The van der Waals surface area contributed by atoms with Crippen molar-refractivity contribution in [2.75, 3.05) is 0 Å². The van der Waals surface area contributed by atoms with Crippen LogP contribution in [0.3, 0.4) is 0 Å². The van der Waals surface area contributed by atoms with E-state index in [-0.39, 0.29) is 5.69 Å². The molecule has 90 valence electrons. The van der Waals surface area contributed by atoms with Crippen LogP contribution in [0.25, 0.3) is 16.2 Å². The average Bonchev–Trinajstić information content (AvgIpc) is 2.87. The Bertz CT molecular complexity index is 728. The minimum absolute atomic E-state index is 0.241. The van der Waals surface area contributed by atoms with Crippen molar-refractivity contribution < 1.29 is 9.90 Å². The molecular formula is C13H10N2O2S. The van der Waals surface area contributed by atoms with E-state index < -0.39 is 5.97 Å². The molecule has 4 nitrogen and oxygen atoms in total. The number of fused-ring (bicyclic) bond motifs is 1. The number of thiazole rings is 1. The molecule has 3 rings (SSSR count). The van der Waals surface area contributed by atoms with Crippen molar-refractivity contribution in [3.63, 3.8) is 0 Å². The Hall–Kier alpha value is -2.14. The second kappa shape index (κ2) is 3.96. The summed E-state index contributed by atoms with van der Waals surface area (Å²) in [5, 5.41) is 11.2. The average molecular weight is 258 g/mol. The van der Waals surface area contributed by atoms with E-state index in [1.165, 1.54) is 11.3 Å². The summed E-state index contributed by atoms with van der Waals surface area (Å²) < 4.78 is 1.71. The number of aromatic carboxylic acids is 1. The lowest BCUT2D eigenvalue weighted by Crippen LogP contribution is -2.04. The molecule has 0 atom stereocenters. The number of carbonyl (C=O) groups is 1. The summed E-state index contributed by atoms with van der Waals surface area (Å²) in [5.74, 6) is -0.949. The number of aromatic nitrogens is 2. The minimum atomic E-state index is -0.949. The summed E-state index contributed by atoms with van der Waals surface area (Å²) in [5.41, 5.74) is 2.65. The van der Waals surface area contributed by atoms with Crippen molar-refractivity contribution in [1.29, 1.82) is 0 Å². The fourth-order valence-corrected chi connectivity index (χ4v) is 2.97. The number of hydrogen-bond donors (Lipinski definition) is 1. The summed E-state index contributed by atoms with van der Waals surface area (Å²) in [4.78, 5) is 16.3. The molecule has 0 aliphatic heterocycles. The van der Waals surface area contributed by atoms with Crippen LogP contribution in [-0.2, 0) is 0 Å². The maximum atomic E-state index is 11.3. The van der Waals surface area contributed by atoms with E-state index in [9.17, 15) is 9.90 Å². The third-order valence-electron chi connectivity index (χ3n) is 2.81. The maximum absolute atomic E-state index is 11.3. The highest BCUT2D eigenvalue weighted by Crippen LogP contribution is 2.28. The van der Waals surface area contributed by atoms with Crippen molar-refractivity contribution in [3.05, 3.63) is 47.1 Å². The molecular weight excluding hydrogens is 248 g/mol. The molecule has 0 saturated heterocycles. The fourth-order valence-electron chi connectivity index (χ4n) is 2.02. The number of hydrogen-bond acceptors (Lipinski definition) is 3. The van der Waals surface area contributed by atoms with Crippen molar-refractivity contribution in [2.24, 2.45) is 0 Å². The van der Waals surface area contributed by atoms with Gasteiger partial charge in [-0.25, -0.2) is 9.78 Å². The van der Waals surface area contributed by atoms with Crippen molar-refractivity contribution in [1.82, 2.24) is 9.38 Å². The standard InChI is InChI=1S/C13H10N2O2S/c1-8-11(12(16)17)15-10(7-18-13(15)14-8)9-5-3-2-4-6-9/h2-7H,1H3,(H,16,17). The molecule has 2 heterocycles. The molecule has 1 N–H and O–H groups in total. The van der Waals surface area contributed by atoms with Crippen LogP contribution in [0, 0.1) is 6.92 Å². The Balaban J connectivity index is 2.35. The minimum Gasteiger partial charge on any atom is -0.477 e. The van der Waals surface area contributed by atoms with Gasteiger partial charge in [-0.3, -0.25) is 4.40 Å². The van der Waals surface area contributed by atoms with E-state index >= 15 is 0 Å². The monoisotopic (exact) mass is 258 g/mol. The molecule has 0 spiro atoms. The highest BCUT2D eigenvalue weighted by atomic mass is 32.1. The van der Waals surface area contributed by atoms with Crippen LogP contribution in [0.2, 0.25) is 0 Å². The first-order chi connectivity index (χ1) is 8.68. The highest BCUT2D eigenvalue weighted by Gasteiger charge is 2.19. The zero-order valence-corrected chi connectivity index (χ0v) is 10.4. The summed E-state index contributed by atoms with van der Waals surface area (Å²) in [6, 6.07) is 9.72. The van der Waals surface area contributed by atoms with Crippen LogP contribution in [0.4, 0.5) is 0 Å². The smallest absolute Gasteiger partial charge is 0.354 e. The maximum Gasteiger partial charge on any atom is 0.354 e. The van der Waals surface area contributed by atoms with E-state index in [2.05, 4.69) is 4.98 Å². The van der Waals surface area contributed by atoms with Gasteiger partial charge in [0, 0.05) is 5.38 Å². The van der Waals surface area contributed by atoms with Gasteiger partial charge in [-0.05, 0) is 12.5 Å². The van der Waals surface area contributed by atoms with Crippen molar-refractivity contribution in [2.45, 2.75) is 6.92 Å². The van der Waals surface area contributed by atoms with Crippen LogP contribution in [0.1, 0.15) is 16.2 Å². The van der Waals surface area contributed by atoms with Gasteiger partial charge in [-0.2, -0.15) is 0 Å². The van der Waals surface area contributed by atoms with Crippen LogP contribution < -0.4 is 0 Å². The second-order valence-electron chi connectivity index (χ2n) is 3.96. The molecule has 18 heavy (non-hydrogen) atoms. The topological polar surface area (TPSA) is 54.6 Å². The van der Waals surface area contributed by atoms with Crippen molar-refractivity contribution in [3.8, 4) is 11.3 Å². The molecule has 3 aromatic rings. The van der Waals surface area contributed by atoms with E-state index in [0.717, 1.165) is 11.3 Å². The van der Waals surface area contributed by atoms with Crippen LogP contribution >= 0.6 is 11.3 Å². The molecule has 0 aliphatic rings. The molecule has 2 aromatic heterocycles. The fraction of sp³-hybridized carbons (Fsp3) is 0.0769. The quantitative estimate of drug-likeness (QED) is 0.768. The van der Waals surface area contributed by atoms with Gasteiger partial charge >= 0.3 is 5.97 Å². The normalized spacial score (nSPS) is 10.9. The molecule has 0 amide bonds. The Kier molecular flexibility index (Phi) is 2.41. The molecule has 0 radical (unpaired) electrons. The lowest BCUT2D eigenvalue weighted by Gasteiger charge is -2.01. The van der Waals surface area contributed by atoms with Gasteiger partial charge in [0.1, 0.15) is 0 Å². The van der Waals surface area contributed by atoms with Crippen LogP contribution in [-0.4, -0.2) is 20.5 Å². The van der Waals surface area contributed by atoms with Gasteiger partial charge in [-0.15, -0.1) is 11.3 Å². The number of rotatable bonds is 2. The Labute approximate surface area is 107 Å². The Morgan fingerprint density at radius 1 is 1.33 bits per heavy atom. The predicted molar refractivity (Wildman–Crippen MR) is 70.2 cm³/mol. The van der Waals surface area contributed by atoms with Gasteiger partial charge in [-0.1, -0.05) is 30.3 Å². The number of benzene rings is 1. The van der Waals surface area contributed by atoms with E-state index in [1.54, 1.807) is 11.3 Å². The zero-order valence-electron chi connectivity index (χ0n) is 9.62. The van der Waals surface area contributed by atoms with Gasteiger partial charge < -0.3 is 5.11 Å². The summed E-state index contributed by atoms with van der Waals surface area (Å²) in [6.07, 6.45) is 0. The number of imidazole rings is 1. The second-order valence-corrected chi connectivity index (χ2v) is 4.79. The molecule has 0 saturated carbocycles. The van der Waals surface area contributed by atoms with E-state index in [1.807, 2.05) is 35.7 Å². The largest absolute Gasteiger partial charge is 0.477 e. The first kappa shape index (κ1) is 11.0. The Morgan fingerprint density at radius 3 is 2.72 bits per heavy atom. The van der Waals surface area contributed by atoms with Gasteiger partial charge in [0.05, 0.1) is 11.4 Å². The lowest BCUT2D eigenvalue weighted by atomic mass is 10.2. The first-order valence-corrected chi connectivity index (χ1v) is 6.31. The molecule has 0 fully saturated rings. The van der Waals surface area contributed by atoms with Gasteiger partial charge in [0.2, 0.25) is 0 Å². The summed E-state index contributed by atoms with van der Waals surface area (Å²) in [7, 11) is 0. The lowest BCUT2D eigenvalue weighted by molar-refractivity contribution is 0.0688. The zero-order chi connectivity index (χ0) is 12.7. The molecule has 5 heteroatoms. The summed E-state index contributed by atoms with van der Waals surface area (Å²) >= 11 is 1.45. The Morgan fingerprint density at radius 2 is 2.06 bits per heavy atom. The third-order valence-corrected chi connectivity index (χ3v) is 3.64. The number of nitrogens with zero attached hydrogens (tertiary/aromatic N) is 2. The third kappa shape index (κ3) is 1.52.